The van der Waals surface area contributed by atoms with E-state index in [0.717, 1.165) is 11.3 Å². The molecule has 15 heavy (non-hydrogen) atoms. The Labute approximate surface area is 90.3 Å². The zero-order valence-corrected chi connectivity index (χ0v) is 9.23. The van der Waals surface area contributed by atoms with Gasteiger partial charge in [0.2, 0.25) is 0 Å². The van der Waals surface area contributed by atoms with Crippen LogP contribution in [0.4, 0.5) is 0 Å². The maximum absolute atomic E-state index is 9.62. The first kappa shape index (κ1) is 12.0. The Morgan fingerprint density at radius 2 is 1.80 bits per heavy atom. The van der Waals surface area contributed by atoms with Gasteiger partial charge in [-0.3, -0.25) is 0 Å². The third-order valence-corrected chi connectivity index (χ3v) is 1.92. The second-order valence-electron chi connectivity index (χ2n) is 4.21. The SMILES string of the molecule is CC(C)(O)Cc1ccc(OCCO)cc1. The molecule has 0 saturated carbocycles. The molecule has 0 heterocycles. The van der Waals surface area contributed by atoms with E-state index in [1.807, 2.05) is 24.3 Å². The first-order valence-electron chi connectivity index (χ1n) is 5.06. The molecule has 0 saturated heterocycles. The molecule has 0 aliphatic carbocycles. The number of rotatable bonds is 5. The van der Waals surface area contributed by atoms with Crippen LogP contribution < -0.4 is 4.74 Å². The van der Waals surface area contributed by atoms with E-state index in [0.29, 0.717) is 13.0 Å². The monoisotopic (exact) mass is 210 g/mol. The van der Waals surface area contributed by atoms with E-state index in [2.05, 4.69) is 0 Å². The number of benzene rings is 1. The second kappa shape index (κ2) is 5.14. The fourth-order valence-corrected chi connectivity index (χ4v) is 1.37. The van der Waals surface area contributed by atoms with Crippen molar-refractivity contribution in [1.29, 1.82) is 0 Å². The van der Waals surface area contributed by atoms with Crippen LogP contribution in [0.25, 0.3) is 0 Å². The summed E-state index contributed by atoms with van der Waals surface area (Å²) in [6.07, 6.45) is 0.618. The topological polar surface area (TPSA) is 49.7 Å². The van der Waals surface area contributed by atoms with Crippen molar-refractivity contribution in [3.63, 3.8) is 0 Å². The van der Waals surface area contributed by atoms with Crippen LogP contribution in [-0.2, 0) is 6.42 Å². The fraction of sp³-hybridized carbons (Fsp3) is 0.500. The highest BCUT2D eigenvalue weighted by Crippen LogP contribution is 2.16. The molecule has 0 fully saturated rings. The average Bonchev–Trinajstić information content (AvgIpc) is 2.14. The molecule has 3 nitrogen and oxygen atoms in total. The molecular formula is C12H18O3. The minimum Gasteiger partial charge on any atom is -0.491 e. The Hall–Kier alpha value is -1.06. The lowest BCUT2D eigenvalue weighted by molar-refractivity contribution is 0.0810. The predicted octanol–water partition coefficient (Wildman–Crippen LogP) is 1.37. The Morgan fingerprint density at radius 3 is 2.27 bits per heavy atom. The van der Waals surface area contributed by atoms with Crippen molar-refractivity contribution in [3.8, 4) is 5.75 Å². The van der Waals surface area contributed by atoms with Crippen molar-refractivity contribution in [3.05, 3.63) is 29.8 Å². The first-order valence-corrected chi connectivity index (χ1v) is 5.06. The van der Waals surface area contributed by atoms with Crippen LogP contribution in [-0.4, -0.2) is 29.0 Å². The number of aliphatic hydroxyl groups is 2. The zero-order chi connectivity index (χ0) is 11.3. The molecule has 84 valence electrons. The van der Waals surface area contributed by atoms with Crippen molar-refractivity contribution in [2.45, 2.75) is 25.9 Å². The molecule has 0 spiro atoms. The molecule has 0 amide bonds. The molecule has 1 aromatic rings. The van der Waals surface area contributed by atoms with E-state index in [-0.39, 0.29) is 6.61 Å². The van der Waals surface area contributed by atoms with Crippen molar-refractivity contribution < 1.29 is 14.9 Å². The van der Waals surface area contributed by atoms with E-state index in [1.165, 1.54) is 0 Å². The van der Waals surface area contributed by atoms with Crippen molar-refractivity contribution in [2.24, 2.45) is 0 Å². The van der Waals surface area contributed by atoms with Gasteiger partial charge >= 0.3 is 0 Å². The van der Waals surface area contributed by atoms with Crippen LogP contribution in [0.3, 0.4) is 0 Å². The Balaban J connectivity index is 2.56. The lowest BCUT2D eigenvalue weighted by Crippen LogP contribution is -2.21. The van der Waals surface area contributed by atoms with Crippen molar-refractivity contribution >= 4 is 0 Å². The van der Waals surface area contributed by atoms with Gasteiger partial charge in [0.15, 0.2) is 0 Å². The minimum atomic E-state index is -0.687. The smallest absolute Gasteiger partial charge is 0.119 e. The van der Waals surface area contributed by atoms with Crippen LogP contribution in [0.5, 0.6) is 5.75 Å². The summed E-state index contributed by atoms with van der Waals surface area (Å²) in [5.74, 6) is 0.739. The van der Waals surface area contributed by atoms with Crippen LogP contribution >= 0.6 is 0 Å². The second-order valence-corrected chi connectivity index (χ2v) is 4.21. The number of aliphatic hydroxyl groups excluding tert-OH is 1. The van der Waals surface area contributed by atoms with Gasteiger partial charge in [-0.05, 0) is 31.5 Å². The largest absolute Gasteiger partial charge is 0.491 e. The summed E-state index contributed by atoms with van der Waals surface area (Å²) in [6, 6.07) is 7.53. The minimum absolute atomic E-state index is 0.0193. The highest BCUT2D eigenvalue weighted by atomic mass is 16.5. The maximum Gasteiger partial charge on any atom is 0.119 e. The van der Waals surface area contributed by atoms with E-state index < -0.39 is 5.60 Å². The Morgan fingerprint density at radius 1 is 1.20 bits per heavy atom. The molecule has 0 bridgehead atoms. The van der Waals surface area contributed by atoms with Gasteiger partial charge in [0.25, 0.3) is 0 Å². The third kappa shape index (κ3) is 4.81. The molecule has 2 N–H and O–H groups in total. The summed E-state index contributed by atoms with van der Waals surface area (Å²) in [6.45, 7) is 3.89. The van der Waals surface area contributed by atoms with Gasteiger partial charge in [0.1, 0.15) is 12.4 Å². The number of hydrogen-bond donors (Lipinski definition) is 2. The predicted molar refractivity (Wildman–Crippen MR) is 59.0 cm³/mol. The molecule has 0 atom stereocenters. The first-order chi connectivity index (χ1) is 7.01. The zero-order valence-electron chi connectivity index (χ0n) is 9.23. The lowest BCUT2D eigenvalue weighted by atomic mass is 9.99. The molecule has 1 aromatic carbocycles. The summed E-state index contributed by atoms with van der Waals surface area (Å²) in [5, 5.41) is 18.2. The Bertz CT molecular complexity index is 285. The molecule has 3 heteroatoms. The van der Waals surface area contributed by atoms with Crippen LogP contribution in [0.2, 0.25) is 0 Å². The van der Waals surface area contributed by atoms with Gasteiger partial charge in [-0.15, -0.1) is 0 Å². The normalized spacial score (nSPS) is 11.5. The van der Waals surface area contributed by atoms with E-state index in [1.54, 1.807) is 13.8 Å². The maximum atomic E-state index is 9.62. The van der Waals surface area contributed by atoms with Gasteiger partial charge in [-0.25, -0.2) is 0 Å². The standard InChI is InChI=1S/C12H18O3/c1-12(2,14)9-10-3-5-11(6-4-10)15-8-7-13/h3-6,13-14H,7-9H2,1-2H3. The summed E-state index contributed by atoms with van der Waals surface area (Å²) in [7, 11) is 0. The lowest BCUT2D eigenvalue weighted by Gasteiger charge is -2.17. The van der Waals surface area contributed by atoms with Crippen molar-refractivity contribution in [2.75, 3.05) is 13.2 Å². The summed E-state index contributed by atoms with van der Waals surface area (Å²) < 4.78 is 5.23. The molecule has 1 rings (SSSR count). The van der Waals surface area contributed by atoms with Crippen LogP contribution in [0.15, 0.2) is 24.3 Å². The van der Waals surface area contributed by atoms with Crippen LogP contribution in [0, 0.1) is 0 Å². The van der Waals surface area contributed by atoms with Crippen LogP contribution in [0.1, 0.15) is 19.4 Å². The highest BCUT2D eigenvalue weighted by Gasteiger charge is 2.12. The average molecular weight is 210 g/mol. The molecular weight excluding hydrogens is 192 g/mol. The molecule has 0 aliphatic rings. The molecule has 0 aliphatic heterocycles. The van der Waals surface area contributed by atoms with E-state index in [4.69, 9.17) is 9.84 Å². The molecule has 0 unspecified atom stereocenters. The van der Waals surface area contributed by atoms with Gasteiger partial charge in [0.05, 0.1) is 12.2 Å². The van der Waals surface area contributed by atoms with Gasteiger partial charge in [-0.1, -0.05) is 12.1 Å². The highest BCUT2D eigenvalue weighted by molar-refractivity contribution is 5.28. The molecule has 0 aromatic heterocycles. The molecule has 0 radical (unpaired) electrons. The van der Waals surface area contributed by atoms with Gasteiger partial charge in [-0.2, -0.15) is 0 Å². The van der Waals surface area contributed by atoms with Gasteiger partial charge < -0.3 is 14.9 Å². The van der Waals surface area contributed by atoms with E-state index >= 15 is 0 Å². The quantitative estimate of drug-likeness (QED) is 0.771. The Kier molecular flexibility index (Phi) is 4.12. The van der Waals surface area contributed by atoms with Crippen molar-refractivity contribution in [1.82, 2.24) is 0 Å². The van der Waals surface area contributed by atoms with E-state index in [9.17, 15) is 5.11 Å². The summed E-state index contributed by atoms with van der Waals surface area (Å²) in [5.41, 5.74) is 0.381. The summed E-state index contributed by atoms with van der Waals surface area (Å²) >= 11 is 0. The fourth-order valence-electron chi connectivity index (χ4n) is 1.37. The number of hydrogen-bond acceptors (Lipinski definition) is 3. The van der Waals surface area contributed by atoms with Gasteiger partial charge in [0, 0.05) is 6.42 Å². The summed E-state index contributed by atoms with van der Waals surface area (Å²) in [4.78, 5) is 0. The number of ether oxygens (including phenoxy) is 1. The third-order valence-electron chi connectivity index (χ3n) is 1.92.